The average molecular weight is 354 g/mol. The van der Waals surface area contributed by atoms with Crippen LogP contribution in [0, 0.1) is 5.41 Å². The van der Waals surface area contributed by atoms with Gasteiger partial charge in [-0.15, -0.1) is 0 Å². The van der Waals surface area contributed by atoms with Crippen LogP contribution in [-0.4, -0.2) is 41.9 Å². The number of aromatic nitrogens is 1. The lowest BCUT2D eigenvalue weighted by Gasteiger charge is -2.36. The Morgan fingerprint density at radius 3 is 2.58 bits per heavy atom. The Balaban J connectivity index is 1.77. The molecule has 1 aliphatic heterocycles. The highest BCUT2D eigenvalue weighted by Gasteiger charge is 2.40. The maximum absolute atomic E-state index is 12.9. The molecule has 1 atom stereocenters. The lowest BCUT2D eigenvalue weighted by molar-refractivity contribution is -0.137. The molecule has 1 aromatic carbocycles. The Morgan fingerprint density at radius 1 is 1.23 bits per heavy atom. The van der Waals surface area contributed by atoms with Crippen LogP contribution in [0.15, 0.2) is 48.8 Å². The van der Waals surface area contributed by atoms with Crippen molar-refractivity contribution >= 4 is 5.91 Å². The van der Waals surface area contributed by atoms with Crippen LogP contribution in [0.3, 0.4) is 0 Å². The Labute approximate surface area is 154 Å². The molecule has 0 radical (unpaired) electrons. The second-order valence-electron chi connectivity index (χ2n) is 7.07. The first-order valence-electron chi connectivity index (χ1n) is 9.12. The number of rotatable bonds is 6. The highest BCUT2D eigenvalue weighted by Crippen LogP contribution is 2.35. The third kappa shape index (κ3) is 4.29. The molecular formula is C21H26N2O3. The van der Waals surface area contributed by atoms with Gasteiger partial charge in [0, 0.05) is 31.6 Å². The molecule has 1 amide bonds. The summed E-state index contributed by atoms with van der Waals surface area (Å²) in [6.07, 6.45) is 5.67. The van der Waals surface area contributed by atoms with Crippen molar-refractivity contribution in [1.29, 1.82) is 0 Å². The van der Waals surface area contributed by atoms with Crippen molar-refractivity contribution < 1.29 is 14.6 Å². The molecule has 2 heterocycles. The van der Waals surface area contributed by atoms with Gasteiger partial charge < -0.3 is 15.2 Å². The maximum atomic E-state index is 12.9. The molecule has 138 valence electrons. The molecule has 5 heteroatoms. The molecular weight excluding hydrogens is 328 g/mol. The summed E-state index contributed by atoms with van der Waals surface area (Å²) in [5.74, 6) is 0.0127. The summed E-state index contributed by atoms with van der Waals surface area (Å²) < 4.78 is 5.48. The molecule has 5 nitrogen and oxygen atoms in total. The van der Waals surface area contributed by atoms with E-state index in [4.69, 9.17) is 4.74 Å². The Kier molecular flexibility index (Phi) is 6.01. The largest absolute Gasteiger partial charge is 0.394 e. The molecule has 2 N–H and O–H groups in total. The van der Waals surface area contributed by atoms with Gasteiger partial charge in [-0.25, -0.2) is 0 Å². The fourth-order valence-corrected chi connectivity index (χ4v) is 3.41. The first-order valence-corrected chi connectivity index (χ1v) is 9.12. The summed E-state index contributed by atoms with van der Waals surface area (Å²) in [5.41, 5.74) is 2.85. The molecule has 1 aliphatic rings. The third-order valence-corrected chi connectivity index (χ3v) is 5.07. The number of nitrogens with zero attached hydrogens (tertiary/aromatic N) is 1. The van der Waals surface area contributed by atoms with Crippen LogP contribution in [0.2, 0.25) is 0 Å². The van der Waals surface area contributed by atoms with E-state index in [1.165, 1.54) is 0 Å². The Hall–Kier alpha value is -2.24. The van der Waals surface area contributed by atoms with Crippen LogP contribution in [0.1, 0.15) is 25.3 Å². The van der Waals surface area contributed by atoms with Gasteiger partial charge >= 0.3 is 0 Å². The first kappa shape index (κ1) is 18.5. The number of hydrogen-bond acceptors (Lipinski definition) is 4. The molecule has 3 rings (SSSR count). The summed E-state index contributed by atoms with van der Waals surface area (Å²) >= 11 is 0. The summed E-state index contributed by atoms with van der Waals surface area (Å²) in [6.45, 7) is 2.94. The van der Waals surface area contributed by atoms with Crippen LogP contribution < -0.4 is 5.32 Å². The fourth-order valence-electron chi connectivity index (χ4n) is 3.41. The highest BCUT2D eigenvalue weighted by atomic mass is 16.5. The lowest BCUT2D eigenvalue weighted by Crippen LogP contribution is -2.49. The molecule has 0 saturated carbocycles. The van der Waals surface area contributed by atoms with Crippen LogP contribution >= 0.6 is 0 Å². The third-order valence-electron chi connectivity index (χ3n) is 5.07. The number of nitrogens with one attached hydrogen (secondary N) is 1. The number of carbonyl (C=O) groups excluding carboxylic acids is 1. The normalized spacial score (nSPS) is 17.5. The molecule has 1 unspecified atom stereocenters. The number of amides is 1. The van der Waals surface area contributed by atoms with Gasteiger partial charge in [0.15, 0.2) is 0 Å². The SMILES string of the molecule is CC(CO)NC(=O)C1(Cc2ccc(-c3cccnc3)cc2)CCOCC1. The molecule has 0 bridgehead atoms. The van der Waals surface area contributed by atoms with Crippen molar-refractivity contribution in [2.45, 2.75) is 32.2 Å². The van der Waals surface area contributed by atoms with Crippen molar-refractivity contribution in [3.8, 4) is 11.1 Å². The molecule has 0 spiro atoms. The van der Waals surface area contributed by atoms with E-state index in [0.717, 1.165) is 16.7 Å². The highest BCUT2D eigenvalue weighted by molar-refractivity contribution is 5.83. The van der Waals surface area contributed by atoms with Gasteiger partial charge in [-0.1, -0.05) is 30.3 Å². The number of carbonyl (C=O) groups is 1. The molecule has 1 fully saturated rings. The van der Waals surface area contributed by atoms with Crippen molar-refractivity contribution in [3.63, 3.8) is 0 Å². The zero-order valence-electron chi connectivity index (χ0n) is 15.1. The predicted molar refractivity (Wildman–Crippen MR) is 101 cm³/mol. The summed E-state index contributed by atoms with van der Waals surface area (Å²) in [5, 5.41) is 12.2. The minimum absolute atomic E-state index is 0.0127. The number of pyridine rings is 1. The smallest absolute Gasteiger partial charge is 0.227 e. The predicted octanol–water partition coefficient (Wildman–Crippen LogP) is 2.58. The molecule has 1 saturated heterocycles. The van der Waals surface area contributed by atoms with Crippen molar-refractivity contribution in [1.82, 2.24) is 10.3 Å². The Morgan fingerprint density at radius 2 is 1.96 bits per heavy atom. The summed E-state index contributed by atoms with van der Waals surface area (Å²) in [7, 11) is 0. The van der Waals surface area contributed by atoms with Crippen LogP contribution in [0.4, 0.5) is 0 Å². The average Bonchev–Trinajstić information content (AvgIpc) is 2.70. The summed E-state index contributed by atoms with van der Waals surface area (Å²) in [6, 6.07) is 12.0. The quantitative estimate of drug-likeness (QED) is 0.836. The monoisotopic (exact) mass is 354 g/mol. The molecule has 2 aromatic rings. The standard InChI is InChI=1S/C21H26N2O3/c1-16(15-24)23-20(25)21(8-11-26-12-9-21)13-17-4-6-18(7-5-17)19-3-2-10-22-14-19/h2-7,10,14,16,24H,8-9,11-13,15H2,1H3,(H,23,25). The van der Waals surface area contributed by atoms with Crippen LogP contribution in [-0.2, 0) is 16.0 Å². The van der Waals surface area contributed by atoms with Gasteiger partial charge in [0.25, 0.3) is 0 Å². The number of hydrogen-bond donors (Lipinski definition) is 2. The van der Waals surface area contributed by atoms with Crippen LogP contribution in [0.5, 0.6) is 0 Å². The van der Waals surface area contributed by atoms with Crippen LogP contribution in [0.25, 0.3) is 11.1 Å². The van der Waals surface area contributed by atoms with Gasteiger partial charge in [0.05, 0.1) is 12.0 Å². The number of ether oxygens (including phenoxy) is 1. The first-order chi connectivity index (χ1) is 12.6. The van der Waals surface area contributed by atoms with Gasteiger partial charge in [-0.05, 0) is 48.9 Å². The Bertz CT molecular complexity index is 710. The number of aliphatic hydroxyl groups excluding tert-OH is 1. The topological polar surface area (TPSA) is 71.5 Å². The van der Waals surface area contributed by atoms with Gasteiger partial charge in [0.2, 0.25) is 5.91 Å². The van der Waals surface area contributed by atoms with Crippen molar-refractivity contribution in [2.24, 2.45) is 5.41 Å². The van der Waals surface area contributed by atoms with Gasteiger partial charge in [0.1, 0.15) is 0 Å². The van der Waals surface area contributed by atoms with E-state index < -0.39 is 5.41 Å². The second kappa shape index (κ2) is 8.43. The molecule has 26 heavy (non-hydrogen) atoms. The minimum atomic E-state index is -0.475. The zero-order chi connectivity index (χ0) is 18.4. The van der Waals surface area contributed by atoms with Gasteiger partial charge in [-0.2, -0.15) is 0 Å². The van der Waals surface area contributed by atoms with E-state index in [2.05, 4.69) is 34.6 Å². The fraction of sp³-hybridized carbons (Fsp3) is 0.429. The lowest BCUT2D eigenvalue weighted by atomic mass is 9.74. The van der Waals surface area contributed by atoms with E-state index in [-0.39, 0.29) is 18.6 Å². The van der Waals surface area contributed by atoms with Crippen molar-refractivity contribution in [2.75, 3.05) is 19.8 Å². The van der Waals surface area contributed by atoms with Crippen molar-refractivity contribution in [3.05, 3.63) is 54.4 Å². The summed E-state index contributed by atoms with van der Waals surface area (Å²) in [4.78, 5) is 17.1. The van der Waals surface area contributed by atoms with E-state index in [1.54, 1.807) is 6.20 Å². The zero-order valence-corrected chi connectivity index (χ0v) is 15.1. The van der Waals surface area contributed by atoms with Gasteiger partial charge in [-0.3, -0.25) is 9.78 Å². The van der Waals surface area contributed by atoms with E-state index in [0.29, 0.717) is 32.5 Å². The van der Waals surface area contributed by atoms with E-state index in [1.807, 2.05) is 25.3 Å². The van der Waals surface area contributed by atoms with E-state index in [9.17, 15) is 9.90 Å². The molecule has 0 aliphatic carbocycles. The second-order valence-corrected chi connectivity index (χ2v) is 7.07. The number of aliphatic hydroxyl groups is 1. The molecule has 1 aromatic heterocycles. The number of benzene rings is 1. The maximum Gasteiger partial charge on any atom is 0.227 e. The van der Waals surface area contributed by atoms with E-state index >= 15 is 0 Å². The minimum Gasteiger partial charge on any atom is -0.394 e.